The van der Waals surface area contributed by atoms with E-state index in [1.807, 2.05) is 60.7 Å². The van der Waals surface area contributed by atoms with E-state index in [-0.39, 0.29) is 12.0 Å². The molecule has 0 aliphatic carbocycles. The summed E-state index contributed by atoms with van der Waals surface area (Å²) < 4.78 is 11.5. The molecule has 0 radical (unpaired) electrons. The predicted molar refractivity (Wildman–Crippen MR) is 98.8 cm³/mol. The summed E-state index contributed by atoms with van der Waals surface area (Å²) >= 11 is 0. The fraction of sp³-hybridized carbons (Fsp3) is 0.300. The second-order valence-corrected chi connectivity index (χ2v) is 5.67. The van der Waals surface area contributed by atoms with Crippen LogP contribution in [-0.2, 0) is 22.7 Å². The van der Waals surface area contributed by atoms with Crippen molar-refractivity contribution in [3.63, 3.8) is 0 Å². The van der Waals surface area contributed by atoms with Gasteiger partial charge < -0.3 is 9.47 Å². The summed E-state index contributed by atoms with van der Waals surface area (Å²) in [5.41, 5.74) is 11.0. The fourth-order valence-corrected chi connectivity index (χ4v) is 2.40. The molecular weight excluding hydrogens is 314 g/mol. The van der Waals surface area contributed by atoms with E-state index in [2.05, 4.69) is 16.6 Å². The normalized spacial score (nSPS) is 12.8. The lowest BCUT2D eigenvalue weighted by atomic mass is 10.0. The third kappa shape index (κ3) is 6.81. The molecule has 2 rings (SSSR count). The fourth-order valence-electron chi connectivity index (χ4n) is 2.40. The molecule has 0 bridgehead atoms. The Morgan fingerprint density at radius 3 is 1.92 bits per heavy atom. The van der Waals surface area contributed by atoms with Crippen molar-refractivity contribution in [3.05, 3.63) is 94.9 Å². The van der Waals surface area contributed by atoms with Gasteiger partial charge in [0.05, 0.1) is 32.5 Å². The topological polar surface area (TPSA) is 67.2 Å². The number of rotatable bonds is 11. The van der Waals surface area contributed by atoms with Gasteiger partial charge in [-0.2, -0.15) is 0 Å². The Kier molecular flexibility index (Phi) is 8.29. The number of ether oxygens (including phenoxy) is 2. The number of nitrogens with zero attached hydrogens (tertiary/aromatic N) is 3. The molecule has 0 aliphatic rings. The Morgan fingerprint density at radius 1 is 0.920 bits per heavy atom. The molecule has 0 saturated heterocycles. The Labute approximate surface area is 148 Å². The molecule has 2 aromatic rings. The van der Waals surface area contributed by atoms with Gasteiger partial charge in [0.1, 0.15) is 0 Å². The first-order valence-corrected chi connectivity index (χ1v) is 8.23. The second kappa shape index (κ2) is 11.0. The molecular formula is C20H23N3O2. The molecule has 0 aliphatic heterocycles. The average Bonchev–Trinajstić information content (AvgIpc) is 2.66. The van der Waals surface area contributed by atoms with Gasteiger partial charge in [0.15, 0.2) is 0 Å². The summed E-state index contributed by atoms with van der Waals surface area (Å²) in [5.74, 6) is -0.101. The molecule has 0 fully saturated rings. The van der Waals surface area contributed by atoms with Gasteiger partial charge >= 0.3 is 0 Å². The number of benzene rings is 2. The van der Waals surface area contributed by atoms with Gasteiger partial charge in [-0.15, -0.1) is 6.58 Å². The number of azide groups is 1. The van der Waals surface area contributed by atoms with Crippen LogP contribution in [0.4, 0.5) is 0 Å². The first-order valence-electron chi connectivity index (χ1n) is 8.23. The summed E-state index contributed by atoms with van der Waals surface area (Å²) in [6, 6.07) is 19.5. The van der Waals surface area contributed by atoms with Gasteiger partial charge in [-0.3, -0.25) is 0 Å². The van der Waals surface area contributed by atoms with E-state index < -0.39 is 0 Å². The van der Waals surface area contributed by atoms with E-state index in [1.54, 1.807) is 6.08 Å². The maximum atomic E-state index is 8.83. The van der Waals surface area contributed by atoms with Crippen LogP contribution in [0.2, 0.25) is 0 Å². The molecule has 0 N–H and O–H groups in total. The van der Waals surface area contributed by atoms with Gasteiger partial charge in [-0.05, 0) is 16.7 Å². The Balaban J connectivity index is 1.82. The summed E-state index contributed by atoms with van der Waals surface area (Å²) in [6.07, 6.45) is 1.76. The van der Waals surface area contributed by atoms with Crippen LogP contribution in [0.25, 0.3) is 10.4 Å². The molecule has 25 heavy (non-hydrogen) atoms. The van der Waals surface area contributed by atoms with E-state index >= 15 is 0 Å². The van der Waals surface area contributed by atoms with Crippen LogP contribution in [0.1, 0.15) is 11.1 Å². The lowest BCUT2D eigenvalue weighted by molar-refractivity contribution is 0.0594. The van der Waals surface area contributed by atoms with Crippen molar-refractivity contribution in [2.45, 2.75) is 19.3 Å². The van der Waals surface area contributed by atoms with Crippen LogP contribution in [0.15, 0.2) is 78.4 Å². The standard InChI is InChI=1S/C20H23N3O2/c1-2-19(15-24-13-17-9-5-3-6-10-17)20(22-23-21)16-25-14-18-11-7-4-8-12-18/h2-12,19-20H,1,13-16H2/t19-,20+/m1/s1. The van der Waals surface area contributed by atoms with E-state index in [0.29, 0.717) is 26.4 Å². The van der Waals surface area contributed by atoms with Crippen LogP contribution >= 0.6 is 0 Å². The zero-order valence-corrected chi connectivity index (χ0v) is 14.2. The highest BCUT2D eigenvalue weighted by Gasteiger charge is 2.18. The van der Waals surface area contributed by atoms with E-state index in [4.69, 9.17) is 15.0 Å². The van der Waals surface area contributed by atoms with Crippen molar-refractivity contribution >= 4 is 0 Å². The van der Waals surface area contributed by atoms with Crippen molar-refractivity contribution in [1.82, 2.24) is 0 Å². The quantitative estimate of drug-likeness (QED) is 0.253. The molecule has 130 valence electrons. The van der Waals surface area contributed by atoms with Crippen LogP contribution in [0, 0.1) is 5.92 Å². The monoisotopic (exact) mass is 337 g/mol. The highest BCUT2D eigenvalue weighted by molar-refractivity contribution is 5.14. The maximum Gasteiger partial charge on any atom is 0.0717 e. The van der Waals surface area contributed by atoms with E-state index in [0.717, 1.165) is 11.1 Å². The lowest BCUT2D eigenvalue weighted by Crippen LogP contribution is -2.26. The van der Waals surface area contributed by atoms with E-state index in [9.17, 15) is 0 Å². The summed E-state index contributed by atoms with van der Waals surface area (Å²) in [5, 5.41) is 3.86. The Hall–Kier alpha value is -2.59. The summed E-state index contributed by atoms with van der Waals surface area (Å²) in [4.78, 5) is 2.94. The first-order chi connectivity index (χ1) is 12.3. The largest absolute Gasteiger partial charge is 0.376 e. The molecule has 0 saturated carbocycles. The second-order valence-electron chi connectivity index (χ2n) is 5.67. The van der Waals surface area contributed by atoms with Gasteiger partial charge in [-0.25, -0.2) is 0 Å². The molecule has 0 amide bonds. The summed E-state index contributed by atoms with van der Waals surface area (Å²) in [7, 11) is 0. The lowest BCUT2D eigenvalue weighted by Gasteiger charge is -2.20. The molecule has 2 aromatic carbocycles. The minimum atomic E-state index is -0.345. The third-order valence-electron chi connectivity index (χ3n) is 3.82. The minimum Gasteiger partial charge on any atom is -0.376 e. The molecule has 0 unspecified atom stereocenters. The van der Waals surface area contributed by atoms with Gasteiger partial charge in [0, 0.05) is 10.8 Å². The van der Waals surface area contributed by atoms with Gasteiger partial charge in [0.25, 0.3) is 0 Å². The highest BCUT2D eigenvalue weighted by Crippen LogP contribution is 2.14. The molecule has 2 atom stereocenters. The van der Waals surface area contributed by atoms with Crippen LogP contribution in [0.3, 0.4) is 0 Å². The molecule has 5 heteroatoms. The van der Waals surface area contributed by atoms with Gasteiger partial charge in [-0.1, -0.05) is 71.9 Å². The van der Waals surface area contributed by atoms with Crippen LogP contribution in [0.5, 0.6) is 0 Å². The predicted octanol–water partition coefficient (Wildman–Crippen LogP) is 4.90. The van der Waals surface area contributed by atoms with Crippen molar-refractivity contribution in [1.29, 1.82) is 0 Å². The molecule has 0 heterocycles. The Bertz CT molecular complexity index is 670. The zero-order chi connectivity index (χ0) is 17.7. The molecule has 5 nitrogen and oxygen atoms in total. The van der Waals surface area contributed by atoms with Crippen molar-refractivity contribution < 1.29 is 9.47 Å². The summed E-state index contributed by atoms with van der Waals surface area (Å²) in [6.45, 7) is 5.58. The number of hydrogen-bond acceptors (Lipinski definition) is 3. The first kappa shape index (κ1) is 18.7. The zero-order valence-electron chi connectivity index (χ0n) is 14.2. The van der Waals surface area contributed by atoms with Crippen molar-refractivity contribution in [2.24, 2.45) is 11.0 Å². The van der Waals surface area contributed by atoms with Crippen LogP contribution in [-0.4, -0.2) is 19.3 Å². The molecule has 0 spiro atoms. The highest BCUT2D eigenvalue weighted by atomic mass is 16.5. The van der Waals surface area contributed by atoms with Crippen LogP contribution < -0.4 is 0 Å². The number of hydrogen-bond donors (Lipinski definition) is 0. The minimum absolute atomic E-state index is 0.101. The van der Waals surface area contributed by atoms with E-state index in [1.165, 1.54) is 0 Å². The van der Waals surface area contributed by atoms with Crippen molar-refractivity contribution in [3.8, 4) is 0 Å². The average molecular weight is 337 g/mol. The smallest absolute Gasteiger partial charge is 0.0717 e. The SMILES string of the molecule is C=C[C@H](COCc1ccccc1)[C@H](COCc1ccccc1)N=[N+]=[N-]. The molecule has 0 aromatic heterocycles. The maximum absolute atomic E-state index is 8.83. The van der Waals surface area contributed by atoms with Gasteiger partial charge in [0.2, 0.25) is 0 Å². The Morgan fingerprint density at radius 2 is 1.44 bits per heavy atom. The van der Waals surface area contributed by atoms with Crippen molar-refractivity contribution in [2.75, 3.05) is 13.2 Å². The third-order valence-corrected chi connectivity index (χ3v) is 3.82.